The second kappa shape index (κ2) is 5.10. The molecular weight excluding hydrogens is 302 g/mol. The van der Waals surface area contributed by atoms with Gasteiger partial charge in [0.25, 0.3) is 0 Å². The van der Waals surface area contributed by atoms with E-state index in [0.29, 0.717) is 18.6 Å². The molecule has 2 rings (SSSR count). The largest absolute Gasteiger partial charge is 0.477 e. The van der Waals surface area contributed by atoms with E-state index in [-0.39, 0.29) is 15.9 Å². The average molecular weight is 319 g/mol. The number of carbonyl (C=O) groups is 1. The van der Waals surface area contributed by atoms with Gasteiger partial charge in [-0.05, 0) is 38.1 Å². The van der Waals surface area contributed by atoms with Gasteiger partial charge in [-0.25, -0.2) is 17.9 Å². The van der Waals surface area contributed by atoms with Gasteiger partial charge in [0, 0.05) is 6.61 Å². The lowest BCUT2D eigenvalue weighted by Gasteiger charge is -2.28. The molecule has 0 aromatic carbocycles. The second-order valence-corrected chi connectivity index (χ2v) is 7.67. The highest BCUT2D eigenvalue weighted by molar-refractivity contribution is 7.89. The number of carboxylic acid groups (broad SMARTS) is 1. The molecule has 1 fully saturated rings. The van der Waals surface area contributed by atoms with E-state index in [0.717, 1.165) is 11.3 Å². The van der Waals surface area contributed by atoms with Crippen LogP contribution in [0.4, 0.5) is 0 Å². The zero-order valence-corrected chi connectivity index (χ0v) is 13.1. The molecule has 2 atom stereocenters. The van der Waals surface area contributed by atoms with Crippen LogP contribution in [0.3, 0.4) is 0 Å². The maximum atomic E-state index is 12.5. The molecule has 1 saturated heterocycles. The number of aromatic carboxylic acids is 1. The summed E-state index contributed by atoms with van der Waals surface area (Å²) in [7, 11) is -3.90. The highest BCUT2D eigenvalue weighted by atomic mass is 32.2. The standard InChI is InChI=1S/C12H17NO5S2/c1-7-6-19-9(11(14)15)10(7)20(16,17)13-12(3)4-5-18-8(12)2/h6,8,13H,4-5H2,1-3H3,(H,14,15). The molecule has 20 heavy (non-hydrogen) atoms. The van der Waals surface area contributed by atoms with Crippen LogP contribution in [-0.2, 0) is 14.8 Å². The summed E-state index contributed by atoms with van der Waals surface area (Å²) in [6.45, 7) is 5.64. The van der Waals surface area contributed by atoms with Crippen molar-refractivity contribution in [2.45, 2.75) is 43.7 Å². The molecule has 0 aliphatic carbocycles. The number of nitrogens with one attached hydrogen (secondary N) is 1. The fourth-order valence-corrected chi connectivity index (χ4v) is 5.37. The molecule has 1 aromatic rings. The van der Waals surface area contributed by atoms with Crippen molar-refractivity contribution < 1.29 is 23.1 Å². The first-order valence-corrected chi connectivity index (χ1v) is 8.50. The lowest BCUT2D eigenvalue weighted by molar-refractivity contribution is 0.0698. The summed E-state index contributed by atoms with van der Waals surface area (Å²) < 4.78 is 33.1. The Morgan fingerprint density at radius 1 is 1.60 bits per heavy atom. The minimum absolute atomic E-state index is 0.143. The molecule has 2 N–H and O–H groups in total. The topological polar surface area (TPSA) is 92.7 Å². The molecule has 0 bridgehead atoms. The zero-order chi connectivity index (χ0) is 15.1. The Balaban J connectivity index is 2.41. The van der Waals surface area contributed by atoms with Crippen molar-refractivity contribution in [3.8, 4) is 0 Å². The summed E-state index contributed by atoms with van der Waals surface area (Å²) in [4.78, 5) is 10.9. The van der Waals surface area contributed by atoms with E-state index < -0.39 is 21.5 Å². The number of aryl methyl sites for hydroxylation is 1. The van der Waals surface area contributed by atoms with E-state index in [1.54, 1.807) is 20.8 Å². The van der Waals surface area contributed by atoms with Crippen LogP contribution >= 0.6 is 11.3 Å². The summed E-state index contributed by atoms with van der Waals surface area (Å²) in [5.74, 6) is -1.23. The third kappa shape index (κ3) is 2.60. The number of ether oxygens (including phenoxy) is 1. The van der Waals surface area contributed by atoms with Gasteiger partial charge >= 0.3 is 5.97 Å². The predicted molar refractivity (Wildman–Crippen MR) is 74.8 cm³/mol. The fraction of sp³-hybridized carbons (Fsp3) is 0.583. The van der Waals surface area contributed by atoms with Crippen molar-refractivity contribution in [3.63, 3.8) is 0 Å². The summed E-state index contributed by atoms with van der Waals surface area (Å²) in [5, 5.41) is 10.6. The van der Waals surface area contributed by atoms with Crippen molar-refractivity contribution in [1.82, 2.24) is 4.72 Å². The van der Waals surface area contributed by atoms with Gasteiger partial charge in [-0.2, -0.15) is 0 Å². The molecule has 8 heteroatoms. The monoisotopic (exact) mass is 319 g/mol. The molecule has 1 aromatic heterocycles. The third-order valence-electron chi connectivity index (χ3n) is 3.63. The number of rotatable bonds is 4. The Hall–Kier alpha value is -0.960. The molecule has 0 spiro atoms. The Bertz CT molecular complexity index is 636. The van der Waals surface area contributed by atoms with E-state index in [9.17, 15) is 13.2 Å². The molecule has 2 heterocycles. The minimum atomic E-state index is -3.90. The van der Waals surface area contributed by atoms with Crippen molar-refractivity contribution in [1.29, 1.82) is 0 Å². The van der Waals surface area contributed by atoms with Gasteiger partial charge in [-0.15, -0.1) is 11.3 Å². The van der Waals surface area contributed by atoms with Gasteiger partial charge in [0.2, 0.25) is 10.0 Å². The molecule has 2 unspecified atom stereocenters. The SMILES string of the molecule is Cc1csc(C(=O)O)c1S(=O)(=O)NC1(C)CCOC1C. The first-order chi connectivity index (χ1) is 9.17. The quantitative estimate of drug-likeness (QED) is 0.879. The van der Waals surface area contributed by atoms with Crippen LogP contribution < -0.4 is 4.72 Å². The highest BCUT2D eigenvalue weighted by Gasteiger charge is 2.42. The number of thiophene rings is 1. The van der Waals surface area contributed by atoms with Gasteiger partial charge in [0.05, 0.1) is 11.6 Å². The van der Waals surface area contributed by atoms with E-state index in [1.165, 1.54) is 5.38 Å². The van der Waals surface area contributed by atoms with E-state index in [1.807, 2.05) is 0 Å². The summed E-state index contributed by atoms with van der Waals surface area (Å²) in [5.41, 5.74) is -0.279. The Morgan fingerprint density at radius 3 is 2.75 bits per heavy atom. The van der Waals surface area contributed by atoms with Gasteiger partial charge in [0.1, 0.15) is 9.77 Å². The molecule has 6 nitrogen and oxygen atoms in total. The number of sulfonamides is 1. The normalized spacial score (nSPS) is 26.9. The smallest absolute Gasteiger partial charge is 0.347 e. The minimum Gasteiger partial charge on any atom is -0.477 e. The van der Waals surface area contributed by atoms with Crippen LogP contribution in [0.1, 0.15) is 35.5 Å². The summed E-state index contributed by atoms with van der Waals surface area (Å²) in [6, 6.07) is 0. The first-order valence-electron chi connectivity index (χ1n) is 6.14. The molecule has 0 amide bonds. The molecule has 112 valence electrons. The van der Waals surface area contributed by atoms with Crippen LogP contribution in [0, 0.1) is 6.92 Å². The van der Waals surface area contributed by atoms with Gasteiger partial charge in [0.15, 0.2) is 0 Å². The van der Waals surface area contributed by atoms with E-state index >= 15 is 0 Å². The third-order valence-corrected chi connectivity index (χ3v) is 6.65. The first kappa shape index (κ1) is 15.4. The molecular formula is C12H17NO5S2. The Morgan fingerprint density at radius 2 is 2.25 bits per heavy atom. The van der Waals surface area contributed by atoms with Crippen molar-refractivity contribution >= 4 is 27.3 Å². The maximum Gasteiger partial charge on any atom is 0.347 e. The van der Waals surface area contributed by atoms with Crippen LogP contribution in [0.5, 0.6) is 0 Å². The van der Waals surface area contributed by atoms with Gasteiger partial charge < -0.3 is 9.84 Å². The Labute approximate surface area is 121 Å². The van der Waals surface area contributed by atoms with Crippen LogP contribution in [-0.4, -0.2) is 37.7 Å². The summed E-state index contributed by atoms with van der Waals surface area (Å²) in [6.07, 6.45) is 0.295. The van der Waals surface area contributed by atoms with E-state index in [4.69, 9.17) is 9.84 Å². The van der Waals surface area contributed by atoms with Gasteiger partial charge in [-0.3, -0.25) is 0 Å². The number of hydrogen-bond acceptors (Lipinski definition) is 5. The lowest BCUT2D eigenvalue weighted by atomic mass is 9.97. The van der Waals surface area contributed by atoms with Crippen molar-refractivity contribution in [2.75, 3.05) is 6.61 Å². The molecule has 1 aliphatic heterocycles. The van der Waals surface area contributed by atoms with Crippen LogP contribution in [0.15, 0.2) is 10.3 Å². The van der Waals surface area contributed by atoms with Crippen LogP contribution in [0.2, 0.25) is 0 Å². The Kier molecular flexibility index (Phi) is 3.94. The number of hydrogen-bond donors (Lipinski definition) is 2. The van der Waals surface area contributed by atoms with Crippen LogP contribution in [0.25, 0.3) is 0 Å². The molecule has 0 radical (unpaired) electrons. The van der Waals surface area contributed by atoms with Gasteiger partial charge in [-0.1, -0.05) is 0 Å². The molecule has 0 saturated carbocycles. The lowest BCUT2D eigenvalue weighted by Crippen LogP contribution is -2.50. The summed E-state index contributed by atoms with van der Waals surface area (Å²) >= 11 is 0.919. The molecule has 1 aliphatic rings. The number of carboxylic acids is 1. The van der Waals surface area contributed by atoms with E-state index in [2.05, 4.69) is 4.72 Å². The highest BCUT2D eigenvalue weighted by Crippen LogP contribution is 2.31. The fourth-order valence-electron chi connectivity index (χ4n) is 2.24. The van der Waals surface area contributed by atoms with Crippen molar-refractivity contribution in [2.24, 2.45) is 0 Å². The van der Waals surface area contributed by atoms with Crippen molar-refractivity contribution in [3.05, 3.63) is 15.8 Å². The second-order valence-electron chi connectivity index (χ2n) is 5.17. The zero-order valence-electron chi connectivity index (χ0n) is 11.5. The maximum absolute atomic E-state index is 12.5. The average Bonchev–Trinajstić information content (AvgIpc) is 2.83. The predicted octanol–water partition coefficient (Wildman–Crippen LogP) is 1.60.